The highest BCUT2D eigenvalue weighted by atomic mass is 35.5. The molecular weight excluding hydrogens is 404 g/mol. The smallest absolute Gasteiger partial charge is 0.231 e. The minimum absolute atomic E-state index is 0.121. The van der Waals surface area contributed by atoms with Gasteiger partial charge in [0.15, 0.2) is 0 Å². The maximum atomic E-state index is 12.5. The lowest BCUT2D eigenvalue weighted by Gasteiger charge is -2.09. The Hall–Kier alpha value is -2.96. The third-order valence-corrected chi connectivity index (χ3v) is 5.58. The Bertz CT molecular complexity index is 1130. The van der Waals surface area contributed by atoms with Crippen LogP contribution in [-0.2, 0) is 17.8 Å². The Kier molecular flexibility index (Phi) is 5.74. The minimum Gasteiger partial charge on any atom is -0.311 e. The number of nitrogens with one attached hydrogen (secondary N) is 1. The van der Waals surface area contributed by atoms with Crippen LogP contribution in [0.25, 0.3) is 10.6 Å². The molecule has 0 bridgehead atoms. The average Bonchev–Trinajstić information content (AvgIpc) is 3.33. The van der Waals surface area contributed by atoms with Crippen molar-refractivity contribution < 1.29 is 4.79 Å². The molecule has 2 heterocycles. The number of carbonyl (C=O) groups excluding carboxylic acids is 1. The zero-order valence-electron chi connectivity index (χ0n) is 15.8. The first kappa shape index (κ1) is 19.4. The van der Waals surface area contributed by atoms with Crippen LogP contribution >= 0.6 is 22.9 Å². The molecule has 0 saturated heterocycles. The zero-order chi connectivity index (χ0) is 20.2. The van der Waals surface area contributed by atoms with Gasteiger partial charge in [-0.2, -0.15) is 5.10 Å². The van der Waals surface area contributed by atoms with Gasteiger partial charge >= 0.3 is 0 Å². The highest BCUT2D eigenvalue weighted by molar-refractivity contribution is 7.13. The molecular formula is C22H19ClN4OS. The topological polar surface area (TPSA) is 59.8 Å². The van der Waals surface area contributed by atoms with Gasteiger partial charge < -0.3 is 5.32 Å². The van der Waals surface area contributed by atoms with Crippen molar-refractivity contribution in [2.45, 2.75) is 19.9 Å². The van der Waals surface area contributed by atoms with Gasteiger partial charge in [0.05, 0.1) is 24.9 Å². The molecule has 1 N–H and O–H groups in total. The van der Waals surface area contributed by atoms with E-state index in [-0.39, 0.29) is 12.3 Å². The van der Waals surface area contributed by atoms with Gasteiger partial charge in [0, 0.05) is 22.0 Å². The monoisotopic (exact) mass is 422 g/mol. The standard InChI is InChI=1S/C22H19ClN4OS/c1-15-3-2-4-17(11-15)22-25-19(14-29-22)12-21(28)26-20-9-10-24-27(20)13-16-5-7-18(23)8-6-16/h2-11,14H,12-13H2,1H3,(H,26,28). The second kappa shape index (κ2) is 8.59. The fourth-order valence-corrected chi connectivity index (χ4v) is 3.92. The molecule has 0 aliphatic carbocycles. The van der Waals surface area contributed by atoms with Crippen LogP contribution in [0.4, 0.5) is 5.82 Å². The van der Waals surface area contributed by atoms with Crippen molar-refractivity contribution >= 4 is 34.7 Å². The summed E-state index contributed by atoms with van der Waals surface area (Å²) in [5.41, 5.74) is 4.07. The van der Waals surface area contributed by atoms with Crippen LogP contribution in [0.1, 0.15) is 16.8 Å². The highest BCUT2D eigenvalue weighted by Crippen LogP contribution is 2.24. The van der Waals surface area contributed by atoms with Crippen molar-refractivity contribution in [2.24, 2.45) is 0 Å². The van der Waals surface area contributed by atoms with Crippen molar-refractivity contribution in [1.82, 2.24) is 14.8 Å². The molecule has 0 fully saturated rings. The number of hydrogen-bond acceptors (Lipinski definition) is 4. The summed E-state index contributed by atoms with van der Waals surface area (Å²) in [4.78, 5) is 17.1. The number of aromatic nitrogens is 3. The summed E-state index contributed by atoms with van der Waals surface area (Å²) in [6.45, 7) is 2.60. The molecule has 2 aromatic heterocycles. The summed E-state index contributed by atoms with van der Waals surface area (Å²) in [6.07, 6.45) is 1.89. The van der Waals surface area contributed by atoms with Crippen LogP contribution in [0, 0.1) is 6.92 Å². The summed E-state index contributed by atoms with van der Waals surface area (Å²) < 4.78 is 1.75. The summed E-state index contributed by atoms with van der Waals surface area (Å²) >= 11 is 7.48. The fraction of sp³-hybridized carbons (Fsp3) is 0.136. The van der Waals surface area contributed by atoms with Crippen LogP contribution in [-0.4, -0.2) is 20.7 Å². The number of rotatable bonds is 6. The van der Waals surface area contributed by atoms with Crippen LogP contribution in [0.15, 0.2) is 66.2 Å². The molecule has 29 heavy (non-hydrogen) atoms. The van der Waals surface area contributed by atoms with E-state index >= 15 is 0 Å². The second-order valence-corrected chi connectivity index (χ2v) is 8.03. The first-order valence-corrected chi connectivity index (χ1v) is 10.4. The summed E-state index contributed by atoms with van der Waals surface area (Å²) in [5.74, 6) is 0.531. The quantitative estimate of drug-likeness (QED) is 0.464. The Labute approximate surface area is 178 Å². The van der Waals surface area contributed by atoms with Crippen molar-refractivity contribution in [3.63, 3.8) is 0 Å². The lowest BCUT2D eigenvalue weighted by molar-refractivity contribution is -0.115. The van der Waals surface area contributed by atoms with Gasteiger partial charge in [-0.1, -0.05) is 47.5 Å². The molecule has 4 aromatic rings. The van der Waals surface area contributed by atoms with E-state index in [1.54, 1.807) is 28.3 Å². The fourth-order valence-electron chi connectivity index (χ4n) is 2.98. The Morgan fingerprint density at radius 3 is 2.79 bits per heavy atom. The van der Waals surface area contributed by atoms with Gasteiger partial charge in [-0.15, -0.1) is 11.3 Å². The number of anilines is 1. The van der Waals surface area contributed by atoms with E-state index in [0.29, 0.717) is 17.4 Å². The van der Waals surface area contributed by atoms with Crippen LogP contribution < -0.4 is 5.32 Å². The van der Waals surface area contributed by atoms with Gasteiger partial charge in [0.1, 0.15) is 10.8 Å². The first-order valence-electron chi connectivity index (χ1n) is 9.14. The van der Waals surface area contributed by atoms with E-state index < -0.39 is 0 Å². The molecule has 5 nitrogen and oxygen atoms in total. The van der Waals surface area contributed by atoms with E-state index in [1.165, 1.54) is 5.56 Å². The van der Waals surface area contributed by atoms with E-state index in [4.69, 9.17) is 11.6 Å². The van der Waals surface area contributed by atoms with E-state index in [0.717, 1.165) is 21.8 Å². The molecule has 0 aliphatic rings. The van der Waals surface area contributed by atoms with E-state index in [1.807, 2.05) is 41.8 Å². The predicted octanol–water partition coefficient (Wildman–Crippen LogP) is 5.20. The van der Waals surface area contributed by atoms with Gasteiger partial charge in [-0.25, -0.2) is 9.67 Å². The van der Waals surface area contributed by atoms with Gasteiger partial charge in [-0.05, 0) is 30.7 Å². The largest absolute Gasteiger partial charge is 0.311 e. The molecule has 7 heteroatoms. The number of hydrogen-bond donors (Lipinski definition) is 1. The second-order valence-electron chi connectivity index (χ2n) is 6.74. The van der Waals surface area contributed by atoms with Gasteiger partial charge in [0.2, 0.25) is 5.91 Å². The maximum Gasteiger partial charge on any atom is 0.231 e. The predicted molar refractivity (Wildman–Crippen MR) is 117 cm³/mol. The van der Waals surface area contributed by atoms with Gasteiger partial charge in [0.25, 0.3) is 0 Å². The highest BCUT2D eigenvalue weighted by Gasteiger charge is 2.12. The number of benzene rings is 2. The number of halogens is 1. The SMILES string of the molecule is Cc1cccc(-c2nc(CC(=O)Nc3ccnn3Cc3ccc(Cl)cc3)cs2)c1. The van der Waals surface area contributed by atoms with E-state index in [2.05, 4.69) is 34.5 Å². The lowest BCUT2D eigenvalue weighted by atomic mass is 10.1. The Morgan fingerprint density at radius 2 is 2.00 bits per heavy atom. The molecule has 2 aromatic carbocycles. The average molecular weight is 423 g/mol. The van der Waals surface area contributed by atoms with Crippen molar-refractivity contribution in [3.8, 4) is 10.6 Å². The van der Waals surface area contributed by atoms with Crippen LogP contribution in [0.2, 0.25) is 5.02 Å². The number of thiazole rings is 1. The maximum absolute atomic E-state index is 12.5. The first-order chi connectivity index (χ1) is 14.1. The number of amides is 1. The van der Waals surface area contributed by atoms with Crippen molar-refractivity contribution in [3.05, 3.63) is 88.0 Å². The third kappa shape index (κ3) is 4.91. The number of carbonyl (C=O) groups is 1. The lowest BCUT2D eigenvalue weighted by Crippen LogP contribution is -2.18. The Balaban J connectivity index is 1.41. The molecule has 1 amide bonds. The molecule has 0 atom stereocenters. The zero-order valence-corrected chi connectivity index (χ0v) is 17.4. The summed E-state index contributed by atoms with van der Waals surface area (Å²) in [6, 6.07) is 17.5. The minimum atomic E-state index is -0.121. The molecule has 0 spiro atoms. The Morgan fingerprint density at radius 1 is 1.17 bits per heavy atom. The molecule has 0 radical (unpaired) electrons. The number of aryl methyl sites for hydroxylation is 1. The van der Waals surface area contributed by atoms with Crippen LogP contribution in [0.3, 0.4) is 0 Å². The van der Waals surface area contributed by atoms with Crippen molar-refractivity contribution in [1.29, 1.82) is 0 Å². The van der Waals surface area contributed by atoms with E-state index in [9.17, 15) is 4.79 Å². The van der Waals surface area contributed by atoms with Crippen molar-refractivity contribution in [2.75, 3.05) is 5.32 Å². The third-order valence-electron chi connectivity index (χ3n) is 4.39. The molecule has 0 unspecified atom stereocenters. The molecule has 146 valence electrons. The molecule has 0 aliphatic heterocycles. The normalized spacial score (nSPS) is 10.8. The van der Waals surface area contributed by atoms with Crippen LogP contribution in [0.5, 0.6) is 0 Å². The van der Waals surface area contributed by atoms with Gasteiger partial charge in [-0.3, -0.25) is 4.79 Å². The summed E-state index contributed by atoms with van der Waals surface area (Å²) in [5, 5.41) is 10.8. The summed E-state index contributed by atoms with van der Waals surface area (Å²) in [7, 11) is 0. The molecule has 4 rings (SSSR count). The molecule has 0 saturated carbocycles. The number of nitrogens with zero attached hydrogens (tertiary/aromatic N) is 3.